The third-order valence-corrected chi connectivity index (χ3v) is 13.0. The molecule has 0 aromatic heterocycles. The van der Waals surface area contributed by atoms with Gasteiger partial charge in [-0.2, -0.15) is 5.26 Å². The number of hydrogen-bond donors (Lipinski definition) is 4. The second-order valence-electron chi connectivity index (χ2n) is 14.5. The van der Waals surface area contributed by atoms with Crippen molar-refractivity contribution in [1.82, 2.24) is 9.80 Å². The summed E-state index contributed by atoms with van der Waals surface area (Å²) in [7, 11) is 3.46. The van der Waals surface area contributed by atoms with E-state index in [4.69, 9.17) is 48.4 Å². The zero-order valence-electron chi connectivity index (χ0n) is 33.5. The van der Waals surface area contributed by atoms with Crippen molar-refractivity contribution in [3.63, 3.8) is 0 Å². The summed E-state index contributed by atoms with van der Waals surface area (Å²) >= 11 is 13.1. The van der Waals surface area contributed by atoms with Gasteiger partial charge in [-0.3, -0.25) is 14.4 Å². The molecular formula is C43H47Cl2N3O10S2. The average molecular weight is 901 g/mol. The second kappa shape index (κ2) is 21.8. The molecule has 0 radical (unpaired) electrons. The van der Waals surface area contributed by atoms with Crippen LogP contribution < -0.4 is 4.74 Å². The Kier molecular flexibility index (Phi) is 17.5. The van der Waals surface area contributed by atoms with Crippen molar-refractivity contribution in [2.45, 2.75) is 59.3 Å². The average Bonchev–Trinajstić information content (AvgIpc) is 3.21. The van der Waals surface area contributed by atoms with E-state index < -0.39 is 47.5 Å². The fourth-order valence-electron chi connectivity index (χ4n) is 7.32. The number of aliphatic carboxylic acids is 3. The zero-order valence-corrected chi connectivity index (χ0v) is 36.7. The van der Waals surface area contributed by atoms with E-state index in [-0.39, 0.29) is 11.8 Å². The Morgan fingerprint density at radius 3 is 2.22 bits per heavy atom. The van der Waals surface area contributed by atoms with Crippen molar-refractivity contribution < 1.29 is 48.9 Å². The molecule has 4 N–H and O–H groups in total. The molecule has 1 fully saturated rings. The standard InChI is InChI=1S/C37H39Cl2N3O3S2.C6H8O7/c1-41(37(43)35-31-8-6-5-7-26(31)19-28(22-40)36(35)46-3)23-27(25-9-12-32(38)33(39)20-25)15-18-42-16-13-24(14-17-42)30-11-10-29(45-2)21-34(30)47(4)44;7-3(8)1-6(13,5(11)12)2-4(9)10/h5-12,19-21,24,27H,13-18,23H2,1-4H3;13H,1-2H2,(H,7,8)(H,9,10)(H,11,12)/t27-,47+;/m1./s1. The molecule has 4 aromatic carbocycles. The van der Waals surface area contributed by atoms with Crippen molar-refractivity contribution >= 4 is 80.7 Å². The monoisotopic (exact) mass is 899 g/mol. The minimum absolute atomic E-state index is 0.00953. The quantitative estimate of drug-likeness (QED) is 0.0640. The molecule has 0 spiro atoms. The van der Waals surface area contributed by atoms with E-state index in [9.17, 15) is 29.0 Å². The zero-order chi connectivity index (χ0) is 44.3. The number of carboxylic acid groups (broad SMARTS) is 3. The summed E-state index contributed by atoms with van der Waals surface area (Å²) in [5, 5.41) is 46.4. The van der Waals surface area contributed by atoms with Crippen LogP contribution in [0.4, 0.5) is 0 Å². The van der Waals surface area contributed by atoms with Gasteiger partial charge in [-0.05, 0) is 103 Å². The number of fused-ring (bicyclic) bond motifs is 1. The number of benzene rings is 4. The molecular weight excluding hydrogens is 854 g/mol. The van der Waals surface area contributed by atoms with Crippen molar-refractivity contribution in [3.8, 4) is 11.8 Å². The molecule has 0 aliphatic carbocycles. The van der Waals surface area contributed by atoms with Crippen LogP contribution in [-0.4, -0.2) is 117 Å². The van der Waals surface area contributed by atoms with Crippen LogP contribution in [0.5, 0.6) is 5.75 Å². The number of hydrogen-bond acceptors (Lipinski definition) is 10. The van der Waals surface area contributed by atoms with Crippen molar-refractivity contribution in [3.05, 3.63) is 99.0 Å². The van der Waals surface area contributed by atoms with E-state index in [0.717, 1.165) is 71.4 Å². The van der Waals surface area contributed by atoms with Gasteiger partial charge in [0, 0.05) is 36.0 Å². The maximum Gasteiger partial charge on any atom is 0.336 e. The minimum atomic E-state index is -2.74. The van der Waals surface area contributed by atoms with E-state index >= 15 is 0 Å². The molecule has 4 aromatic rings. The number of piperidine rings is 1. The maximum atomic E-state index is 14.2. The number of thioether (sulfide) groups is 1. The van der Waals surface area contributed by atoms with Gasteiger partial charge in [-0.15, -0.1) is 11.8 Å². The first-order valence-corrected chi connectivity index (χ1v) is 22.3. The SMILES string of the molecule is COc1ccc(C2CCN(CC[C@H](CN(C)C(=O)c3c(SC)c(C#N)cc4ccccc34)c3ccc(Cl)c(Cl)c3)CC2)c([S@+](C)[O-])c1.O=C(O)CC(O)(CC(=O)O)C(=O)O. The third kappa shape index (κ3) is 12.3. The first-order valence-electron chi connectivity index (χ1n) is 18.8. The van der Waals surface area contributed by atoms with Crippen molar-refractivity contribution in [1.29, 1.82) is 5.26 Å². The number of carbonyl (C=O) groups is 4. The van der Waals surface area contributed by atoms with Gasteiger partial charge >= 0.3 is 17.9 Å². The van der Waals surface area contributed by atoms with Crippen LogP contribution >= 0.6 is 35.0 Å². The summed E-state index contributed by atoms with van der Waals surface area (Å²) in [5.41, 5.74) is 0.512. The van der Waals surface area contributed by atoms with Gasteiger partial charge in [-0.1, -0.05) is 59.6 Å². The Balaban J connectivity index is 0.000000526. The molecule has 2 atom stereocenters. The number of nitrogens with zero attached hydrogens (tertiary/aromatic N) is 3. The smallest absolute Gasteiger partial charge is 0.336 e. The Hall–Kier alpha value is -4.53. The predicted octanol–water partition coefficient (Wildman–Crippen LogP) is 7.36. The molecule has 13 nitrogen and oxygen atoms in total. The normalized spacial score (nSPS) is 14.3. The van der Waals surface area contributed by atoms with Gasteiger partial charge in [0.25, 0.3) is 5.91 Å². The summed E-state index contributed by atoms with van der Waals surface area (Å²) in [5.74, 6) is -4.05. The Bertz CT molecular complexity index is 2230. The Morgan fingerprint density at radius 2 is 1.67 bits per heavy atom. The number of ether oxygens (including phenoxy) is 1. The molecule has 1 aliphatic heterocycles. The highest BCUT2D eigenvalue weighted by Crippen LogP contribution is 2.37. The fourth-order valence-corrected chi connectivity index (χ4v) is 9.20. The van der Waals surface area contributed by atoms with Gasteiger partial charge in [0.15, 0.2) is 10.5 Å². The van der Waals surface area contributed by atoms with Gasteiger partial charge in [0.05, 0.1) is 41.1 Å². The summed E-state index contributed by atoms with van der Waals surface area (Å²) in [6, 6.07) is 23.5. The lowest BCUT2D eigenvalue weighted by Crippen LogP contribution is -2.42. The molecule has 17 heteroatoms. The van der Waals surface area contributed by atoms with E-state index in [1.54, 1.807) is 18.3 Å². The van der Waals surface area contributed by atoms with E-state index in [1.807, 2.05) is 74.0 Å². The van der Waals surface area contributed by atoms with Gasteiger partial charge in [0.1, 0.15) is 18.1 Å². The first kappa shape index (κ1) is 48.1. The number of amides is 1. The number of carboxylic acids is 3. The molecule has 320 valence electrons. The lowest BCUT2D eigenvalue weighted by Gasteiger charge is -2.34. The van der Waals surface area contributed by atoms with Crippen molar-refractivity contribution in [2.24, 2.45) is 0 Å². The number of likely N-dealkylation sites (tertiary alicyclic amines) is 1. The molecule has 60 heavy (non-hydrogen) atoms. The van der Waals surface area contributed by atoms with Crippen LogP contribution in [0.1, 0.15) is 71.0 Å². The van der Waals surface area contributed by atoms with Crippen LogP contribution in [0.25, 0.3) is 10.8 Å². The summed E-state index contributed by atoms with van der Waals surface area (Å²) in [6.45, 7) is 3.19. The van der Waals surface area contributed by atoms with Crippen LogP contribution in [0, 0.1) is 11.3 Å². The van der Waals surface area contributed by atoms with Gasteiger partial charge in [-0.25, -0.2) is 4.79 Å². The number of halogens is 2. The molecule has 0 unspecified atom stereocenters. The molecule has 1 aliphatic rings. The van der Waals surface area contributed by atoms with Crippen LogP contribution in [0.2, 0.25) is 10.0 Å². The molecule has 0 bridgehead atoms. The summed E-state index contributed by atoms with van der Waals surface area (Å²) < 4.78 is 17.9. The Labute approximate surface area is 366 Å². The largest absolute Gasteiger partial charge is 0.612 e. The molecule has 1 amide bonds. The van der Waals surface area contributed by atoms with E-state index in [2.05, 4.69) is 17.0 Å². The lowest BCUT2D eigenvalue weighted by atomic mass is 9.88. The molecule has 0 saturated carbocycles. The third-order valence-electron chi connectivity index (χ3n) is 10.4. The highest BCUT2D eigenvalue weighted by molar-refractivity contribution is 7.98. The highest BCUT2D eigenvalue weighted by atomic mass is 35.5. The Morgan fingerprint density at radius 1 is 1.02 bits per heavy atom. The van der Waals surface area contributed by atoms with Crippen molar-refractivity contribution in [2.75, 3.05) is 52.8 Å². The molecule has 5 rings (SSSR count). The first-order chi connectivity index (χ1) is 28.4. The molecule has 1 heterocycles. The van der Waals surface area contributed by atoms with Crippen LogP contribution in [0.15, 0.2) is 76.5 Å². The van der Waals surface area contributed by atoms with Crippen LogP contribution in [-0.2, 0) is 25.6 Å². The van der Waals surface area contributed by atoms with Gasteiger partial charge in [0.2, 0.25) is 0 Å². The maximum absolute atomic E-state index is 14.2. The second-order valence-corrected chi connectivity index (χ2v) is 17.4. The number of aliphatic hydroxyl groups is 1. The number of likely N-dealkylation sites (N-methyl/N-ethyl adjacent to an activating group) is 1. The summed E-state index contributed by atoms with van der Waals surface area (Å²) in [4.78, 5) is 50.5. The number of methoxy groups -OCH3 is 1. The van der Waals surface area contributed by atoms with E-state index in [0.29, 0.717) is 38.5 Å². The predicted molar refractivity (Wildman–Crippen MR) is 232 cm³/mol. The summed E-state index contributed by atoms with van der Waals surface area (Å²) in [6.07, 6.45) is 4.12. The highest BCUT2D eigenvalue weighted by Gasteiger charge is 2.41. The lowest BCUT2D eigenvalue weighted by molar-refractivity contribution is -0.170. The minimum Gasteiger partial charge on any atom is -0.612 e. The van der Waals surface area contributed by atoms with Gasteiger partial charge < -0.3 is 39.5 Å². The molecule has 1 saturated heterocycles. The topological polar surface area (TPSA) is 212 Å². The number of carbonyl (C=O) groups excluding carboxylic acids is 1. The fraction of sp³-hybridized carbons (Fsp3) is 0.372. The van der Waals surface area contributed by atoms with Crippen LogP contribution in [0.3, 0.4) is 0 Å². The number of nitriles is 1. The van der Waals surface area contributed by atoms with E-state index in [1.165, 1.54) is 11.8 Å². The number of rotatable bonds is 16.